The van der Waals surface area contributed by atoms with Gasteiger partial charge in [0.2, 0.25) is 0 Å². The second-order valence-corrected chi connectivity index (χ2v) is 6.93. The van der Waals surface area contributed by atoms with Crippen molar-refractivity contribution in [3.8, 4) is 0 Å². The van der Waals surface area contributed by atoms with Gasteiger partial charge in [0.1, 0.15) is 0 Å². The zero-order valence-corrected chi connectivity index (χ0v) is 14.9. The second-order valence-electron chi connectivity index (χ2n) is 6.93. The molecule has 2 aromatic carbocycles. The number of allylic oxidation sites excluding steroid dienone is 4. The molecule has 0 bridgehead atoms. The third-order valence-electron chi connectivity index (χ3n) is 3.60. The Kier molecular flexibility index (Phi) is 4.99. The van der Waals surface area contributed by atoms with E-state index in [2.05, 4.69) is 25.1 Å². The highest BCUT2D eigenvalue weighted by molar-refractivity contribution is 5.91. The Labute approximate surface area is 149 Å². The van der Waals surface area contributed by atoms with Crippen molar-refractivity contribution in [2.24, 2.45) is 5.41 Å². The predicted octanol–water partition coefficient (Wildman–Crippen LogP) is 6.41. The minimum absolute atomic E-state index is 0.480. The zero-order chi connectivity index (χ0) is 19.4. The molecule has 0 fully saturated rings. The molecule has 0 aromatic heterocycles. The van der Waals surface area contributed by atoms with E-state index < -0.39 is 11.8 Å². The van der Waals surface area contributed by atoms with Crippen LogP contribution in [0.3, 0.4) is 0 Å². The molecule has 0 aliphatic rings. The number of hydrogen-bond donors (Lipinski definition) is 1. The van der Waals surface area contributed by atoms with E-state index >= 15 is 0 Å². The largest absolute Gasteiger partial charge is 0.309 e. The highest BCUT2D eigenvalue weighted by Gasteiger charge is 2.11. The van der Waals surface area contributed by atoms with Gasteiger partial charge < -0.3 is 5.41 Å². The minimum Gasteiger partial charge on any atom is -0.309 e. The molecular formula is C23H27N. The first-order chi connectivity index (χ1) is 12.2. The zero-order valence-electron chi connectivity index (χ0n) is 16.9. The van der Waals surface area contributed by atoms with Gasteiger partial charge in [-0.1, -0.05) is 81.4 Å². The fourth-order valence-corrected chi connectivity index (χ4v) is 2.51. The van der Waals surface area contributed by atoms with E-state index in [0.29, 0.717) is 5.56 Å². The standard InChI is InChI=1S/C23H27N/c1-18(20-8-6-5-7-9-20)16-22(14-15-24)21-12-10-19(11-13-21)17-23(2,3)4/h5-16,24H,17H2,1-4H3/b18-16+,22-14+,24-15?/i17D2. The van der Waals surface area contributed by atoms with Crippen LogP contribution in [-0.4, -0.2) is 6.21 Å². The Morgan fingerprint density at radius 3 is 2.17 bits per heavy atom. The van der Waals surface area contributed by atoms with Gasteiger partial charge in [0, 0.05) is 8.96 Å². The van der Waals surface area contributed by atoms with E-state index in [-0.39, 0.29) is 0 Å². The van der Waals surface area contributed by atoms with Gasteiger partial charge in [-0.3, -0.25) is 0 Å². The molecule has 0 spiro atoms. The fraction of sp³-hybridized carbons (Fsp3) is 0.261. The van der Waals surface area contributed by atoms with Crippen LogP contribution in [0.15, 0.2) is 66.7 Å². The van der Waals surface area contributed by atoms with E-state index in [1.165, 1.54) is 6.21 Å². The molecular weight excluding hydrogens is 290 g/mol. The van der Waals surface area contributed by atoms with E-state index in [4.69, 9.17) is 8.15 Å². The lowest BCUT2D eigenvalue weighted by molar-refractivity contribution is 0.411. The average molecular weight is 319 g/mol. The predicted molar refractivity (Wildman–Crippen MR) is 106 cm³/mol. The fourth-order valence-electron chi connectivity index (χ4n) is 2.51. The SMILES string of the molecule is [2H]C([2H])(c1ccc(C(/C=C(\C)c2ccccc2)=C/C=N)cc1)C(C)(C)C. The molecule has 0 radical (unpaired) electrons. The molecule has 1 N–H and O–H groups in total. The average Bonchev–Trinajstić information content (AvgIpc) is 2.61. The van der Waals surface area contributed by atoms with Gasteiger partial charge >= 0.3 is 0 Å². The Balaban J connectivity index is 2.38. The molecule has 0 unspecified atom stereocenters. The monoisotopic (exact) mass is 319 g/mol. The molecule has 2 aromatic rings. The summed E-state index contributed by atoms with van der Waals surface area (Å²) >= 11 is 0. The van der Waals surface area contributed by atoms with Crippen molar-refractivity contribution >= 4 is 17.4 Å². The van der Waals surface area contributed by atoms with Crippen LogP contribution >= 0.6 is 0 Å². The van der Waals surface area contributed by atoms with Gasteiger partial charge in [-0.2, -0.15) is 0 Å². The maximum absolute atomic E-state index is 8.41. The van der Waals surface area contributed by atoms with Crippen LogP contribution in [0.4, 0.5) is 0 Å². The van der Waals surface area contributed by atoms with E-state index in [9.17, 15) is 0 Å². The number of rotatable bonds is 5. The quantitative estimate of drug-likeness (QED) is 0.486. The summed E-state index contributed by atoms with van der Waals surface area (Å²) in [6, 6.07) is 17.7. The molecule has 2 rings (SSSR count). The second kappa shape index (κ2) is 7.92. The molecule has 0 heterocycles. The molecule has 24 heavy (non-hydrogen) atoms. The topological polar surface area (TPSA) is 23.9 Å². The van der Waals surface area contributed by atoms with Gasteiger partial charge in [-0.25, -0.2) is 0 Å². The number of benzene rings is 2. The minimum atomic E-state index is -1.41. The Morgan fingerprint density at radius 2 is 1.62 bits per heavy atom. The summed E-state index contributed by atoms with van der Waals surface area (Å²) in [6.45, 7) is 7.79. The highest BCUT2D eigenvalue weighted by Crippen LogP contribution is 2.25. The van der Waals surface area contributed by atoms with Crippen molar-refractivity contribution in [3.63, 3.8) is 0 Å². The van der Waals surface area contributed by atoms with Crippen molar-refractivity contribution in [2.45, 2.75) is 34.1 Å². The van der Waals surface area contributed by atoms with Crippen LogP contribution in [0.1, 0.15) is 47.1 Å². The van der Waals surface area contributed by atoms with Crippen molar-refractivity contribution in [2.75, 3.05) is 0 Å². The Morgan fingerprint density at radius 1 is 1.00 bits per heavy atom. The maximum Gasteiger partial charge on any atom is 0.0321 e. The first-order valence-electron chi connectivity index (χ1n) is 9.22. The molecule has 0 atom stereocenters. The summed E-state index contributed by atoms with van der Waals surface area (Å²) in [5.41, 5.74) is 4.36. The maximum atomic E-state index is 8.41. The van der Waals surface area contributed by atoms with Gasteiger partial charge in [0.05, 0.1) is 0 Å². The van der Waals surface area contributed by atoms with Crippen LogP contribution < -0.4 is 0 Å². The number of hydrogen-bond acceptors (Lipinski definition) is 1. The van der Waals surface area contributed by atoms with Crippen molar-refractivity contribution in [3.05, 3.63) is 83.4 Å². The lowest BCUT2D eigenvalue weighted by Crippen LogP contribution is -2.08. The summed E-state index contributed by atoms with van der Waals surface area (Å²) in [5, 5.41) is 7.46. The van der Waals surface area contributed by atoms with Gasteiger partial charge in [0.15, 0.2) is 0 Å². The van der Waals surface area contributed by atoms with Crippen LogP contribution in [0.25, 0.3) is 11.1 Å². The van der Waals surface area contributed by atoms with Crippen LogP contribution in [-0.2, 0) is 6.37 Å². The van der Waals surface area contributed by atoms with E-state index in [1.807, 2.05) is 63.2 Å². The smallest absolute Gasteiger partial charge is 0.0321 e. The van der Waals surface area contributed by atoms with E-state index in [1.54, 1.807) is 6.08 Å². The molecule has 124 valence electrons. The van der Waals surface area contributed by atoms with Crippen molar-refractivity contribution in [1.82, 2.24) is 0 Å². The van der Waals surface area contributed by atoms with Crippen molar-refractivity contribution in [1.29, 1.82) is 5.41 Å². The summed E-state index contributed by atoms with van der Waals surface area (Å²) in [7, 11) is 0. The number of nitrogens with one attached hydrogen (secondary N) is 1. The summed E-state index contributed by atoms with van der Waals surface area (Å²) < 4.78 is 16.8. The molecule has 0 saturated carbocycles. The Bertz CT molecular complexity index is 808. The first-order valence-corrected chi connectivity index (χ1v) is 8.22. The Hall–Kier alpha value is -2.41. The van der Waals surface area contributed by atoms with Crippen molar-refractivity contribution < 1.29 is 2.74 Å². The van der Waals surface area contributed by atoms with Crippen LogP contribution in [0.2, 0.25) is 0 Å². The molecule has 0 aliphatic carbocycles. The molecule has 1 heteroatoms. The summed E-state index contributed by atoms with van der Waals surface area (Å²) in [5.74, 6) is 0. The van der Waals surface area contributed by atoms with Crippen LogP contribution in [0.5, 0.6) is 0 Å². The summed E-state index contributed by atoms with van der Waals surface area (Å²) in [4.78, 5) is 0. The third-order valence-corrected chi connectivity index (χ3v) is 3.60. The lowest BCUT2D eigenvalue weighted by atomic mass is 9.87. The molecule has 0 aliphatic heterocycles. The first kappa shape index (κ1) is 15.1. The van der Waals surface area contributed by atoms with Crippen LogP contribution in [0, 0.1) is 10.8 Å². The highest BCUT2D eigenvalue weighted by atomic mass is 14.3. The van der Waals surface area contributed by atoms with E-state index in [0.717, 1.165) is 22.3 Å². The molecule has 1 nitrogen and oxygen atoms in total. The third kappa shape index (κ3) is 5.34. The van der Waals surface area contributed by atoms with Gasteiger partial charge in [-0.05, 0) is 52.6 Å². The molecule has 0 saturated heterocycles. The molecule has 0 amide bonds. The lowest BCUT2D eigenvalue weighted by Gasteiger charge is -2.18. The normalized spacial score (nSPS) is 14.8. The van der Waals surface area contributed by atoms with Gasteiger partial charge in [0.25, 0.3) is 0 Å². The van der Waals surface area contributed by atoms with Gasteiger partial charge in [-0.15, -0.1) is 0 Å². The summed E-state index contributed by atoms with van der Waals surface area (Å²) in [6.07, 6.45) is 3.70.